The van der Waals surface area contributed by atoms with Crippen LogP contribution in [0.2, 0.25) is 0 Å². The van der Waals surface area contributed by atoms with E-state index in [1.807, 2.05) is 0 Å². The number of likely N-dealkylation sites (tertiary alicyclic amines) is 1. The van der Waals surface area contributed by atoms with Crippen LogP contribution >= 0.6 is 0 Å². The standard InChI is InChI=1S/C15H19FN2O3S/c1-11(19)17-9-12-3-2-8-18(15(12)10-17)22(20,21)14-6-4-13(16)5-7-14/h4-7,12,15H,2-3,8-10H2,1H3/t12-,15+/m1/s1. The number of halogens is 1. The van der Waals surface area contributed by atoms with Gasteiger partial charge in [0.1, 0.15) is 5.82 Å². The van der Waals surface area contributed by atoms with Crippen LogP contribution in [-0.4, -0.2) is 49.2 Å². The van der Waals surface area contributed by atoms with E-state index in [4.69, 9.17) is 0 Å². The van der Waals surface area contributed by atoms with Crippen molar-refractivity contribution in [2.75, 3.05) is 19.6 Å². The molecule has 7 heteroatoms. The van der Waals surface area contributed by atoms with Gasteiger partial charge in [-0.05, 0) is 43.0 Å². The number of carbonyl (C=O) groups is 1. The second-order valence-corrected chi connectivity index (χ2v) is 7.85. The molecule has 120 valence electrons. The van der Waals surface area contributed by atoms with E-state index in [0.717, 1.165) is 25.0 Å². The van der Waals surface area contributed by atoms with Crippen LogP contribution in [0.5, 0.6) is 0 Å². The van der Waals surface area contributed by atoms with Crippen LogP contribution < -0.4 is 0 Å². The maximum Gasteiger partial charge on any atom is 0.243 e. The summed E-state index contributed by atoms with van der Waals surface area (Å²) in [5.41, 5.74) is 0. The quantitative estimate of drug-likeness (QED) is 0.827. The first-order valence-corrected chi connectivity index (χ1v) is 8.86. The summed E-state index contributed by atoms with van der Waals surface area (Å²) < 4.78 is 40.2. The molecule has 0 radical (unpaired) electrons. The van der Waals surface area contributed by atoms with Gasteiger partial charge in [-0.25, -0.2) is 12.8 Å². The third-order valence-electron chi connectivity index (χ3n) is 4.60. The number of piperidine rings is 1. The fourth-order valence-corrected chi connectivity index (χ4v) is 5.15. The minimum absolute atomic E-state index is 0.0199. The van der Waals surface area contributed by atoms with Crippen LogP contribution in [0, 0.1) is 11.7 Å². The third kappa shape index (κ3) is 2.63. The van der Waals surface area contributed by atoms with Crippen molar-refractivity contribution in [2.24, 2.45) is 5.92 Å². The molecule has 2 fully saturated rings. The molecule has 5 nitrogen and oxygen atoms in total. The van der Waals surface area contributed by atoms with Gasteiger partial charge in [0.2, 0.25) is 15.9 Å². The number of amides is 1. The summed E-state index contributed by atoms with van der Waals surface area (Å²) >= 11 is 0. The number of fused-ring (bicyclic) bond motifs is 1. The fourth-order valence-electron chi connectivity index (χ4n) is 3.44. The van der Waals surface area contributed by atoms with Gasteiger partial charge < -0.3 is 4.90 Å². The molecule has 0 bridgehead atoms. The zero-order valence-corrected chi connectivity index (χ0v) is 13.2. The van der Waals surface area contributed by atoms with E-state index in [9.17, 15) is 17.6 Å². The molecule has 0 aliphatic carbocycles. The summed E-state index contributed by atoms with van der Waals surface area (Å²) in [6.45, 7) is 3.03. The normalized spacial score (nSPS) is 26.0. The number of sulfonamides is 1. The predicted octanol–water partition coefficient (Wildman–Crippen LogP) is 1.46. The minimum Gasteiger partial charge on any atom is -0.341 e. The monoisotopic (exact) mass is 326 g/mol. The Bertz CT molecular complexity index is 675. The molecule has 0 saturated carbocycles. The number of nitrogens with zero attached hydrogens (tertiary/aromatic N) is 2. The fraction of sp³-hybridized carbons (Fsp3) is 0.533. The second kappa shape index (κ2) is 5.62. The average Bonchev–Trinajstić information content (AvgIpc) is 2.91. The van der Waals surface area contributed by atoms with Gasteiger partial charge in [-0.15, -0.1) is 0 Å². The summed E-state index contributed by atoms with van der Waals surface area (Å²) in [6.07, 6.45) is 1.72. The van der Waals surface area contributed by atoms with Gasteiger partial charge in [0, 0.05) is 32.6 Å². The molecule has 0 aromatic heterocycles. The van der Waals surface area contributed by atoms with Gasteiger partial charge in [-0.2, -0.15) is 4.31 Å². The van der Waals surface area contributed by atoms with Gasteiger partial charge in [0.15, 0.2) is 0 Å². The summed E-state index contributed by atoms with van der Waals surface area (Å²) in [6, 6.07) is 4.74. The molecule has 2 aliphatic rings. The highest BCUT2D eigenvalue weighted by Crippen LogP contribution is 2.34. The number of rotatable bonds is 2. The SMILES string of the molecule is CC(=O)N1C[C@H]2CCCN(S(=O)(=O)c3ccc(F)cc3)[C@H]2C1. The van der Waals surface area contributed by atoms with Crippen molar-refractivity contribution in [3.05, 3.63) is 30.1 Å². The van der Waals surface area contributed by atoms with Gasteiger partial charge >= 0.3 is 0 Å². The van der Waals surface area contributed by atoms with Crippen LogP contribution in [0.15, 0.2) is 29.2 Å². The van der Waals surface area contributed by atoms with E-state index < -0.39 is 15.8 Å². The summed E-state index contributed by atoms with van der Waals surface area (Å²) in [5, 5.41) is 0. The number of hydrogen-bond donors (Lipinski definition) is 0. The molecule has 1 aromatic rings. The molecule has 1 amide bonds. The first-order valence-electron chi connectivity index (χ1n) is 7.42. The highest BCUT2D eigenvalue weighted by molar-refractivity contribution is 7.89. The molecule has 0 spiro atoms. The molecule has 3 rings (SSSR count). The highest BCUT2D eigenvalue weighted by atomic mass is 32.2. The Balaban J connectivity index is 1.89. The molecule has 2 atom stereocenters. The van der Waals surface area contributed by atoms with Crippen LogP contribution in [0.1, 0.15) is 19.8 Å². The Kier molecular flexibility index (Phi) is 3.94. The van der Waals surface area contributed by atoms with Crippen LogP contribution in [-0.2, 0) is 14.8 Å². The van der Waals surface area contributed by atoms with Gasteiger partial charge in [-0.1, -0.05) is 0 Å². The lowest BCUT2D eigenvalue weighted by atomic mass is 9.94. The van der Waals surface area contributed by atoms with Gasteiger partial charge in [-0.3, -0.25) is 4.79 Å². The largest absolute Gasteiger partial charge is 0.341 e. The van der Waals surface area contributed by atoms with E-state index in [1.54, 1.807) is 4.90 Å². The van der Waals surface area contributed by atoms with Gasteiger partial charge in [0.25, 0.3) is 0 Å². The second-order valence-electron chi connectivity index (χ2n) is 5.96. The molecule has 1 aromatic carbocycles. The van der Waals surface area contributed by atoms with E-state index in [-0.39, 0.29) is 22.8 Å². The number of hydrogen-bond acceptors (Lipinski definition) is 3. The van der Waals surface area contributed by atoms with Gasteiger partial charge in [0.05, 0.1) is 4.90 Å². The summed E-state index contributed by atoms with van der Waals surface area (Å²) in [4.78, 5) is 13.4. The minimum atomic E-state index is -3.65. The highest BCUT2D eigenvalue weighted by Gasteiger charge is 2.44. The van der Waals surface area contributed by atoms with E-state index in [0.29, 0.717) is 19.6 Å². The third-order valence-corrected chi connectivity index (χ3v) is 6.53. The van der Waals surface area contributed by atoms with Crippen molar-refractivity contribution < 1.29 is 17.6 Å². The molecular weight excluding hydrogens is 307 g/mol. The first-order chi connectivity index (χ1) is 10.4. The lowest BCUT2D eigenvalue weighted by Crippen LogP contribution is -2.48. The zero-order valence-electron chi connectivity index (χ0n) is 12.4. The predicted molar refractivity (Wildman–Crippen MR) is 79.1 cm³/mol. The van der Waals surface area contributed by atoms with Crippen molar-refractivity contribution in [2.45, 2.75) is 30.7 Å². The van der Waals surface area contributed by atoms with Crippen molar-refractivity contribution in [3.63, 3.8) is 0 Å². The molecule has 2 aliphatic heterocycles. The smallest absolute Gasteiger partial charge is 0.243 e. The number of benzene rings is 1. The molecule has 22 heavy (non-hydrogen) atoms. The van der Waals surface area contributed by atoms with Crippen LogP contribution in [0.3, 0.4) is 0 Å². The molecule has 2 heterocycles. The summed E-state index contributed by atoms with van der Waals surface area (Å²) in [7, 11) is -3.65. The van der Waals surface area contributed by atoms with Crippen molar-refractivity contribution >= 4 is 15.9 Å². The Morgan fingerprint density at radius 3 is 2.55 bits per heavy atom. The van der Waals surface area contributed by atoms with E-state index >= 15 is 0 Å². The maximum absolute atomic E-state index is 13.0. The Morgan fingerprint density at radius 2 is 1.91 bits per heavy atom. The summed E-state index contributed by atoms with van der Waals surface area (Å²) in [5.74, 6) is -0.291. The van der Waals surface area contributed by atoms with E-state index in [1.165, 1.54) is 23.4 Å². The topological polar surface area (TPSA) is 57.7 Å². The average molecular weight is 326 g/mol. The lowest BCUT2D eigenvalue weighted by Gasteiger charge is -2.35. The molecule has 2 saturated heterocycles. The number of carbonyl (C=O) groups excluding carboxylic acids is 1. The maximum atomic E-state index is 13.0. The van der Waals surface area contributed by atoms with Crippen LogP contribution in [0.4, 0.5) is 4.39 Å². The van der Waals surface area contributed by atoms with Crippen molar-refractivity contribution in [1.82, 2.24) is 9.21 Å². The van der Waals surface area contributed by atoms with Crippen LogP contribution in [0.25, 0.3) is 0 Å². The van der Waals surface area contributed by atoms with Crippen molar-refractivity contribution in [3.8, 4) is 0 Å². The Labute approximate surface area is 129 Å². The Hall–Kier alpha value is -1.47. The Morgan fingerprint density at radius 1 is 1.23 bits per heavy atom. The molecule has 0 unspecified atom stereocenters. The molecular formula is C15H19FN2O3S. The van der Waals surface area contributed by atoms with E-state index in [2.05, 4.69) is 0 Å². The lowest BCUT2D eigenvalue weighted by molar-refractivity contribution is -0.128. The molecule has 0 N–H and O–H groups in total. The first kappa shape index (κ1) is 15.4. The zero-order chi connectivity index (χ0) is 15.9. The van der Waals surface area contributed by atoms with Crippen molar-refractivity contribution in [1.29, 1.82) is 0 Å².